The van der Waals surface area contributed by atoms with E-state index in [0.29, 0.717) is 42.7 Å². The van der Waals surface area contributed by atoms with Crippen LogP contribution >= 0.6 is 0 Å². The summed E-state index contributed by atoms with van der Waals surface area (Å²) in [6, 6.07) is 0. The number of Topliss-reactive ketones (excluding diaryl/α,β-unsaturated/α-hetero) is 2. The molecule has 2 rings (SSSR count). The zero-order valence-corrected chi connectivity index (χ0v) is 6.51. The molecule has 0 heterocycles. The topological polar surface area (TPSA) is 34.1 Å². The van der Waals surface area contributed by atoms with Crippen LogP contribution in [0.5, 0.6) is 0 Å². The molecule has 2 atom stereocenters. The van der Waals surface area contributed by atoms with E-state index in [9.17, 15) is 9.59 Å². The number of ketones is 2. The Bertz CT molecular complexity index is 206. The molecule has 2 nitrogen and oxygen atoms in total. The predicted octanol–water partition coefficient (Wildman–Crippen LogP) is 1.33. The SMILES string of the molecule is O=C1CC[C@@H]2CC(=O)C[C@@H]2C1. The minimum absolute atomic E-state index is 0.362. The number of hydrogen-bond donors (Lipinski definition) is 0. The van der Waals surface area contributed by atoms with E-state index in [4.69, 9.17) is 0 Å². The Hall–Kier alpha value is -0.660. The van der Waals surface area contributed by atoms with Crippen LogP contribution in [0.4, 0.5) is 0 Å². The molecule has 2 fully saturated rings. The highest BCUT2D eigenvalue weighted by Crippen LogP contribution is 2.38. The first-order valence-corrected chi connectivity index (χ1v) is 4.29. The lowest BCUT2D eigenvalue weighted by Gasteiger charge is -2.22. The fraction of sp³-hybridized carbons (Fsp3) is 0.778. The summed E-state index contributed by atoms with van der Waals surface area (Å²) < 4.78 is 0. The van der Waals surface area contributed by atoms with Crippen LogP contribution in [-0.4, -0.2) is 11.6 Å². The van der Waals surface area contributed by atoms with Crippen LogP contribution in [0, 0.1) is 11.8 Å². The number of rotatable bonds is 0. The second-order valence-electron chi connectivity index (χ2n) is 3.75. The summed E-state index contributed by atoms with van der Waals surface area (Å²) >= 11 is 0. The summed E-state index contributed by atoms with van der Waals surface area (Å²) in [5.41, 5.74) is 0. The van der Waals surface area contributed by atoms with Gasteiger partial charge in [-0.05, 0) is 18.3 Å². The van der Waals surface area contributed by atoms with Gasteiger partial charge in [0.1, 0.15) is 11.6 Å². The van der Waals surface area contributed by atoms with Crippen LogP contribution in [0.25, 0.3) is 0 Å². The van der Waals surface area contributed by atoms with Gasteiger partial charge in [-0.2, -0.15) is 0 Å². The van der Waals surface area contributed by atoms with Gasteiger partial charge in [0.15, 0.2) is 0 Å². The Labute approximate surface area is 66.0 Å². The molecule has 0 aliphatic heterocycles. The van der Waals surface area contributed by atoms with Crippen LogP contribution in [0.1, 0.15) is 32.1 Å². The highest BCUT2D eigenvalue weighted by Gasteiger charge is 2.36. The first kappa shape index (κ1) is 7.01. The highest BCUT2D eigenvalue weighted by molar-refractivity contribution is 5.85. The second kappa shape index (κ2) is 2.43. The Morgan fingerprint density at radius 3 is 2.36 bits per heavy atom. The molecule has 0 radical (unpaired) electrons. The number of carbonyl (C=O) groups is 2. The lowest BCUT2D eigenvalue weighted by Crippen LogP contribution is -2.19. The summed E-state index contributed by atoms with van der Waals surface area (Å²) in [4.78, 5) is 22.0. The maximum atomic E-state index is 11.0. The van der Waals surface area contributed by atoms with Crippen molar-refractivity contribution >= 4 is 11.6 Å². The molecule has 0 saturated heterocycles. The minimum Gasteiger partial charge on any atom is -0.300 e. The van der Waals surface area contributed by atoms with Crippen LogP contribution in [0.3, 0.4) is 0 Å². The van der Waals surface area contributed by atoms with Crippen LogP contribution < -0.4 is 0 Å². The highest BCUT2D eigenvalue weighted by atomic mass is 16.1. The van der Waals surface area contributed by atoms with Crippen molar-refractivity contribution in [3.8, 4) is 0 Å². The Morgan fingerprint density at radius 2 is 1.55 bits per heavy atom. The monoisotopic (exact) mass is 152 g/mol. The third kappa shape index (κ3) is 1.22. The molecule has 0 aromatic rings. The predicted molar refractivity (Wildman–Crippen MR) is 40.1 cm³/mol. The molecule has 0 aromatic carbocycles. The van der Waals surface area contributed by atoms with Crippen molar-refractivity contribution in [3.63, 3.8) is 0 Å². The number of fused-ring (bicyclic) bond motifs is 1. The smallest absolute Gasteiger partial charge is 0.133 e. The van der Waals surface area contributed by atoms with Crippen molar-refractivity contribution in [2.24, 2.45) is 11.8 Å². The molecular formula is C9H12O2. The zero-order chi connectivity index (χ0) is 7.84. The van der Waals surface area contributed by atoms with Gasteiger partial charge >= 0.3 is 0 Å². The molecule has 2 heteroatoms. The summed E-state index contributed by atoms with van der Waals surface area (Å²) in [7, 11) is 0. The molecule has 0 aromatic heterocycles. The zero-order valence-electron chi connectivity index (χ0n) is 6.51. The van der Waals surface area contributed by atoms with Crippen LogP contribution in [0.2, 0.25) is 0 Å². The molecule has 0 N–H and O–H groups in total. The molecule has 11 heavy (non-hydrogen) atoms. The molecule has 60 valence electrons. The summed E-state index contributed by atoms with van der Waals surface area (Å²) in [5.74, 6) is 1.71. The maximum Gasteiger partial charge on any atom is 0.133 e. The average molecular weight is 152 g/mol. The van der Waals surface area contributed by atoms with E-state index < -0.39 is 0 Å². The van der Waals surface area contributed by atoms with Gasteiger partial charge < -0.3 is 0 Å². The van der Waals surface area contributed by atoms with Gasteiger partial charge in [-0.1, -0.05) is 0 Å². The fourth-order valence-electron chi connectivity index (χ4n) is 2.32. The van der Waals surface area contributed by atoms with Crippen molar-refractivity contribution in [1.82, 2.24) is 0 Å². The first-order valence-electron chi connectivity index (χ1n) is 4.29. The van der Waals surface area contributed by atoms with Crippen molar-refractivity contribution in [2.45, 2.75) is 32.1 Å². The van der Waals surface area contributed by atoms with Gasteiger partial charge in [0, 0.05) is 25.7 Å². The first-order chi connectivity index (χ1) is 5.25. The fourth-order valence-corrected chi connectivity index (χ4v) is 2.32. The molecular weight excluding hydrogens is 140 g/mol. The third-order valence-corrected chi connectivity index (χ3v) is 2.93. The number of carbonyl (C=O) groups excluding carboxylic acids is 2. The Balaban J connectivity index is 2.08. The van der Waals surface area contributed by atoms with E-state index in [2.05, 4.69) is 0 Å². The van der Waals surface area contributed by atoms with Gasteiger partial charge in [0.25, 0.3) is 0 Å². The Morgan fingerprint density at radius 1 is 0.909 bits per heavy atom. The van der Waals surface area contributed by atoms with E-state index in [1.807, 2.05) is 0 Å². The van der Waals surface area contributed by atoms with Gasteiger partial charge in [0.2, 0.25) is 0 Å². The lowest BCUT2D eigenvalue weighted by atomic mass is 9.81. The van der Waals surface area contributed by atoms with Crippen LogP contribution in [-0.2, 0) is 9.59 Å². The second-order valence-corrected chi connectivity index (χ2v) is 3.75. The standard InChI is InChI=1S/C9H12O2/c10-8-2-1-6-3-9(11)5-7(6)4-8/h6-7H,1-5H2/t6-,7+/m1/s1. The van der Waals surface area contributed by atoms with E-state index in [1.165, 1.54) is 0 Å². The molecule has 2 aliphatic rings. The van der Waals surface area contributed by atoms with Crippen LogP contribution in [0.15, 0.2) is 0 Å². The van der Waals surface area contributed by atoms with Crippen molar-refractivity contribution in [2.75, 3.05) is 0 Å². The molecule has 0 bridgehead atoms. The molecule has 2 saturated carbocycles. The summed E-state index contributed by atoms with van der Waals surface area (Å²) in [6.45, 7) is 0. The largest absolute Gasteiger partial charge is 0.300 e. The maximum absolute atomic E-state index is 11.0. The molecule has 2 aliphatic carbocycles. The van der Waals surface area contributed by atoms with E-state index in [0.717, 1.165) is 12.8 Å². The average Bonchev–Trinajstić information content (AvgIpc) is 2.27. The third-order valence-electron chi connectivity index (χ3n) is 2.93. The summed E-state index contributed by atoms with van der Waals surface area (Å²) in [6.07, 6.45) is 3.79. The van der Waals surface area contributed by atoms with E-state index in [-0.39, 0.29) is 0 Å². The number of hydrogen-bond acceptors (Lipinski definition) is 2. The van der Waals surface area contributed by atoms with Gasteiger partial charge in [-0.3, -0.25) is 9.59 Å². The van der Waals surface area contributed by atoms with Gasteiger partial charge in [-0.15, -0.1) is 0 Å². The van der Waals surface area contributed by atoms with Gasteiger partial charge in [0.05, 0.1) is 0 Å². The van der Waals surface area contributed by atoms with E-state index in [1.54, 1.807) is 0 Å². The Kier molecular flexibility index (Phi) is 1.55. The summed E-state index contributed by atoms with van der Waals surface area (Å²) in [5, 5.41) is 0. The van der Waals surface area contributed by atoms with Crippen molar-refractivity contribution in [1.29, 1.82) is 0 Å². The van der Waals surface area contributed by atoms with Gasteiger partial charge in [-0.25, -0.2) is 0 Å². The lowest BCUT2D eigenvalue weighted by molar-refractivity contribution is -0.122. The normalized spacial score (nSPS) is 37.5. The van der Waals surface area contributed by atoms with Crippen molar-refractivity contribution < 1.29 is 9.59 Å². The van der Waals surface area contributed by atoms with E-state index >= 15 is 0 Å². The molecule has 0 unspecified atom stereocenters. The quantitative estimate of drug-likeness (QED) is 0.524. The molecule has 0 spiro atoms. The molecule has 0 amide bonds. The minimum atomic E-state index is 0.362. The van der Waals surface area contributed by atoms with Crippen molar-refractivity contribution in [3.05, 3.63) is 0 Å².